The van der Waals surface area contributed by atoms with Gasteiger partial charge < -0.3 is 9.32 Å². The highest BCUT2D eigenvalue weighted by molar-refractivity contribution is 5.92. The Balaban J connectivity index is 1.36. The Morgan fingerprint density at radius 3 is 2.28 bits per heavy atom. The maximum Gasteiger partial charge on any atom is 0.289 e. The number of nitro benzene ring substituents is 1. The number of piperazine rings is 1. The predicted molar refractivity (Wildman–Crippen MR) is 108 cm³/mol. The molecule has 0 unspecified atom stereocenters. The van der Waals surface area contributed by atoms with Gasteiger partial charge in [0.2, 0.25) is 0 Å². The molecule has 0 N–H and O–H groups in total. The van der Waals surface area contributed by atoms with Crippen LogP contribution in [0.25, 0.3) is 11.3 Å². The van der Waals surface area contributed by atoms with Crippen LogP contribution in [0.1, 0.15) is 16.1 Å². The standard InChI is InChI=1S/C22H21N3O4/c26-22(24-14-12-23(13-15-24)16-17-4-2-1-3-5-17)21-11-10-20(29-21)18-6-8-19(9-7-18)25(27)28/h1-11H,12-16H2. The average molecular weight is 391 g/mol. The van der Waals surface area contributed by atoms with E-state index < -0.39 is 4.92 Å². The summed E-state index contributed by atoms with van der Waals surface area (Å²) in [4.78, 5) is 27.2. The van der Waals surface area contributed by atoms with Gasteiger partial charge in [0, 0.05) is 50.4 Å². The topological polar surface area (TPSA) is 79.8 Å². The van der Waals surface area contributed by atoms with Crippen molar-refractivity contribution in [3.63, 3.8) is 0 Å². The number of furan rings is 1. The van der Waals surface area contributed by atoms with Crippen molar-refractivity contribution < 1.29 is 14.1 Å². The molecule has 7 heteroatoms. The summed E-state index contributed by atoms with van der Waals surface area (Å²) < 4.78 is 5.73. The molecule has 0 atom stereocenters. The summed E-state index contributed by atoms with van der Waals surface area (Å²) in [5.74, 6) is 0.679. The van der Waals surface area contributed by atoms with E-state index in [4.69, 9.17) is 4.42 Å². The van der Waals surface area contributed by atoms with E-state index in [-0.39, 0.29) is 17.4 Å². The highest BCUT2D eigenvalue weighted by Crippen LogP contribution is 2.25. The lowest BCUT2D eigenvalue weighted by Crippen LogP contribution is -2.48. The Kier molecular flexibility index (Phi) is 5.39. The number of hydrogen-bond donors (Lipinski definition) is 0. The molecule has 3 aromatic rings. The maximum atomic E-state index is 12.8. The first-order chi connectivity index (χ1) is 14.1. The van der Waals surface area contributed by atoms with Gasteiger partial charge in [0.25, 0.3) is 11.6 Å². The molecule has 1 aliphatic rings. The molecule has 2 heterocycles. The number of nitrogens with zero attached hydrogens (tertiary/aromatic N) is 3. The smallest absolute Gasteiger partial charge is 0.289 e. The van der Waals surface area contributed by atoms with Crippen molar-refractivity contribution in [3.05, 3.63) is 88.2 Å². The first-order valence-electron chi connectivity index (χ1n) is 9.50. The van der Waals surface area contributed by atoms with E-state index in [1.807, 2.05) is 18.2 Å². The van der Waals surface area contributed by atoms with Crippen LogP contribution in [0, 0.1) is 10.1 Å². The molecule has 0 spiro atoms. The van der Waals surface area contributed by atoms with Crippen LogP contribution in [0.4, 0.5) is 5.69 Å². The Morgan fingerprint density at radius 1 is 0.931 bits per heavy atom. The molecule has 0 saturated carbocycles. The summed E-state index contributed by atoms with van der Waals surface area (Å²) in [5.41, 5.74) is 1.98. The van der Waals surface area contributed by atoms with Crippen LogP contribution in [0.2, 0.25) is 0 Å². The van der Waals surface area contributed by atoms with Crippen molar-refractivity contribution in [3.8, 4) is 11.3 Å². The van der Waals surface area contributed by atoms with Gasteiger partial charge in [-0.3, -0.25) is 19.8 Å². The molecule has 0 radical (unpaired) electrons. The zero-order chi connectivity index (χ0) is 20.2. The fourth-order valence-corrected chi connectivity index (χ4v) is 3.46. The lowest BCUT2D eigenvalue weighted by Gasteiger charge is -2.34. The van der Waals surface area contributed by atoms with E-state index in [9.17, 15) is 14.9 Å². The molecule has 1 saturated heterocycles. The van der Waals surface area contributed by atoms with Crippen molar-refractivity contribution >= 4 is 11.6 Å². The summed E-state index contributed by atoms with van der Waals surface area (Å²) in [6.45, 7) is 3.82. The molecular weight excluding hydrogens is 370 g/mol. The third-order valence-corrected chi connectivity index (χ3v) is 5.09. The van der Waals surface area contributed by atoms with Gasteiger partial charge in [-0.1, -0.05) is 30.3 Å². The SMILES string of the molecule is O=C(c1ccc(-c2ccc([N+](=O)[O-])cc2)o1)N1CCN(Cc2ccccc2)CC1. The Labute approximate surface area is 168 Å². The van der Waals surface area contributed by atoms with E-state index in [1.54, 1.807) is 29.2 Å². The summed E-state index contributed by atoms with van der Waals surface area (Å²) in [6.07, 6.45) is 0. The number of carbonyl (C=O) groups excluding carboxylic acids is 1. The fourth-order valence-electron chi connectivity index (χ4n) is 3.46. The monoisotopic (exact) mass is 391 g/mol. The lowest BCUT2D eigenvalue weighted by molar-refractivity contribution is -0.384. The zero-order valence-electron chi connectivity index (χ0n) is 15.9. The minimum atomic E-state index is -0.446. The van der Waals surface area contributed by atoms with E-state index in [2.05, 4.69) is 17.0 Å². The first kappa shape index (κ1) is 18.9. The highest BCUT2D eigenvalue weighted by atomic mass is 16.6. The number of nitro groups is 1. The van der Waals surface area contributed by atoms with E-state index >= 15 is 0 Å². The number of hydrogen-bond acceptors (Lipinski definition) is 5. The lowest BCUT2D eigenvalue weighted by atomic mass is 10.1. The summed E-state index contributed by atoms with van der Waals surface area (Å²) in [6, 6.07) is 19.8. The minimum absolute atomic E-state index is 0.0185. The molecule has 1 aliphatic heterocycles. The van der Waals surface area contributed by atoms with Gasteiger partial charge in [0.05, 0.1) is 4.92 Å². The van der Waals surface area contributed by atoms with Crippen molar-refractivity contribution in [2.45, 2.75) is 6.54 Å². The Hall–Kier alpha value is -3.45. The molecule has 4 rings (SSSR count). The molecule has 0 bridgehead atoms. The molecule has 1 fully saturated rings. The predicted octanol–water partition coefficient (Wildman–Crippen LogP) is 3.81. The first-order valence-corrected chi connectivity index (χ1v) is 9.50. The van der Waals surface area contributed by atoms with Gasteiger partial charge >= 0.3 is 0 Å². The van der Waals surface area contributed by atoms with Crippen molar-refractivity contribution in [2.24, 2.45) is 0 Å². The molecule has 1 aromatic heterocycles. The third kappa shape index (κ3) is 4.35. The second-order valence-electron chi connectivity index (χ2n) is 7.02. The Bertz CT molecular complexity index is 990. The van der Waals surface area contributed by atoms with Crippen molar-refractivity contribution in [1.29, 1.82) is 0 Å². The number of non-ortho nitro benzene ring substituents is 1. The molecule has 29 heavy (non-hydrogen) atoms. The Morgan fingerprint density at radius 2 is 1.62 bits per heavy atom. The van der Waals surface area contributed by atoms with Crippen LogP contribution in [0.15, 0.2) is 71.1 Å². The maximum absolute atomic E-state index is 12.8. The summed E-state index contributed by atoms with van der Waals surface area (Å²) in [5, 5.41) is 10.8. The minimum Gasteiger partial charge on any atom is -0.451 e. The quantitative estimate of drug-likeness (QED) is 0.488. The van der Waals surface area contributed by atoms with E-state index in [0.29, 0.717) is 24.4 Å². The molecule has 7 nitrogen and oxygen atoms in total. The summed E-state index contributed by atoms with van der Waals surface area (Å²) in [7, 11) is 0. The van der Waals surface area contributed by atoms with Gasteiger partial charge in [-0.2, -0.15) is 0 Å². The molecule has 2 aromatic carbocycles. The van der Waals surface area contributed by atoms with Crippen LogP contribution in [0.5, 0.6) is 0 Å². The van der Waals surface area contributed by atoms with Crippen molar-refractivity contribution in [1.82, 2.24) is 9.80 Å². The molecular formula is C22H21N3O4. The molecule has 1 amide bonds. The normalized spacial score (nSPS) is 14.7. The van der Waals surface area contributed by atoms with Crippen LogP contribution < -0.4 is 0 Å². The van der Waals surface area contributed by atoms with Crippen LogP contribution in [0.3, 0.4) is 0 Å². The second-order valence-corrected chi connectivity index (χ2v) is 7.02. The highest BCUT2D eigenvalue weighted by Gasteiger charge is 2.24. The van der Waals surface area contributed by atoms with Crippen LogP contribution in [-0.2, 0) is 6.54 Å². The number of benzene rings is 2. The molecule has 0 aliphatic carbocycles. The molecule has 148 valence electrons. The summed E-state index contributed by atoms with van der Waals surface area (Å²) >= 11 is 0. The van der Waals surface area contributed by atoms with Crippen LogP contribution >= 0.6 is 0 Å². The third-order valence-electron chi connectivity index (χ3n) is 5.09. The zero-order valence-corrected chi connectivity index (χ0v) is 15.9. The van der Waals surface area contributed by atoms with E-state index in [1.165, 1.54) is 17.7 Å². The fraction of sp³-hybridized carbons (Fsp3) is 0.227. The number of carbonyl (C=O) groups is 1. The van der Waals surface area contributed by atoms with E-state index in [0.717, 1.165) is 19.6 Å². The van der Waals surface area contributed by atoms with Gasteiger partial charge in [0.15, 0.2) is 5.76 Å². The van der Waals surface area contributed by atoms with Crippen LogP contribution in [-0.4, -0.2) is 46.8 Å². The van der Waals surface area contributed by atoms with Gasteiger partial charge in [-0.15, -0.1) is 0 Å². The number of amides is 1. The van der Waals surface area contributed by atoms with Gasteiger partial charge in [-0.05, 0) is 29.8 Å². The van der Waals surface area contributed by atoms with Gasteiger partial charge in [-0.25, -0.2) is 0 Å². The largest absolute Gasteiger partial charge is 0.451 e. The van der Waals surface area contributed by atoms with Gasteiger partial charge in [0.1, 0.15) is 5.76 Å². The van der Waals surface area contributed by atoms with Crippen molar-refractivity contribution in [2.75, 3.05) is 26.2 Å². The average Bonchev–Trinajstić information content (AvgIpc) is 3.25. The number of rotatable bonds is 5. The second kappa shape index (κ2) is 8.28.